The van der Waals surface area contributed by atoms with Gasteiger partial charge in [0, 0.05) is 24.5 Å². The van der Waals surface area contributed by atoms with Gasteiger partial charge in [0.15, 0.2) is 0 Å². The standard InChI is InChI=1S/C22H22ClNO3/c1-2-3-9-16-10-20(25)27-21-17(16)11-19(23)22-18(21)13-24(14-26-22)12-15-7-5-4-6-8-15/h4-8,10-11H,2-3,9,12-14H2,1H3. The summed E-state index contributed by atoms with van der Waals surface area (Å²) in [6.07, 6.45) is 2.92. The Morgan fingerprint density at radius 3 is 2.78 bits per heavy atom. The van der Waals surface area contributed by atoms with E-state index in [-0.39, 0.29) is 5.63 Å². The summed E-state index contributed by atoms with van der Waals surface area (Å²) in [6.45, 7) is 3.97. The minimum atomic E-state index is -0.321. The van der Waals surface area contributed by atoms with E-state index in [1.807, 2.05) is 24.3 Å². The van der Waals surface area contributed by atoms with Crippen molar-refractivity contribution >= 4 is 22.6 Å². The van der Waals surface area contributed by atoms with Crippen molar-refractivity contribution in [3.05, 3.63) is 74.6 Å². The highest BCUT2D eigenvalue weighted by Gasteiger charge is 2.25. The van der Waals surface area contributed by atoms with Crippen LogP contribution in [0.1, 0.15) is 36.5 Å². The molecule has 3 aromatic rings. The van der Waals surface area contributed by atoms with Crippen molar-refractivity contribution in [3.8, 4) is 5.75 Å². The highest BCUT2D eigenvalue weighted by atomic mass is 35.5. The highest BCUT2D eigenvalue weighted by Crippen LogP contribution is 2.39. The van der Waals surface area contributed by atoms with Gasteiger partial charge in [0.25, 0.3) is 0 Å². The lowest BCUT2D eigenvalue weighted by Gasteiger charge is -2.30. The summed E-state index contributed by atoms with van der Waals surface area (Å²) >= 11 is 6.51. The van der Waals surface area contributed by atoms with Crippen molar-refractivity contribution in [2.45, 2.75) is 39.3 Å². The Hall–Kier alpha value is -2.30. The van der Waals surface area contributed by atoms with Crippen molar-refractivity contribution in [3.63, 3.8) is 0 Å². The fourth-order valence-electron chi connectivity index (χ4n) is 3.61. The molecule has 0 spiro atoms. The van der Waals surface area contributed by atoms with Crippen molar-refractivity contribution in [1.29, 1.82) is 0 Å². The molecule has 0 radical (unpaired) electrons. The van der Waals surface area contributed by atoms with Crippen molar-refractivity contribution in [1.82, 2.24) is 4.90 Å². The Balaban J connectivity index is 1.75. The predicted octanol–water partition coefficient (Wildman–Crippen LogP) is 5.14. The van der Waals surface area contributed by atoms with Crippen molar-refractivity contribution < 1.29 is 9.15 Å². The second kappa shape index (κ2) is 7.75. The van der Waals surface area contributed by atoms with Crippen LogP contribution in [0.25, 0.3) is 11.0 Å². The van der Waals surface area contributed by atoms with Gasteiger partial charge in [-0.05, 0) is 30.0 Å². The number of unbranched alkanes of at least 4 members (excludes halogenated alkanes) is 1. The predicted molar refractivity (Wildman–Crippen MR) is 107 cm³/mol. The van der Waals surface area contributed by atoms with E-state index in [4.69, 9.17) is 20.8 Å². The summed E-state index contributed by atoms with van der Waals surface area (Å²) in [5.41, 5.74) is 3.34. The summed E-state index contributed by atoms with van der Waals surface area (Å²) in [7, 11) is 0. The molecule has 0 saturated heterocycles. The monoisotopic (exact) mass is 383 g/mol. The molecular formula is C22H22ClNO3. The van der Waals surface area contributed by atoms with E-state index in [2.05, 4.69) is 24.0 Å². The highest BCUT2D eigenvalue weighted by molar-refractivity contribution is 6.33. The molecule has 2 aromatic carbocycles. The molecule has 0 unspecified atom stereocenters. The van der Waals surface area contributed by atoms with Gasteiger partial charge in [-0.15, -0.1) is 0 Å². The van der Waals surface area contributed by atoms with Crippen LogP contribution in [0.2, 0.25) is 5.02 Å². The lowest BCUT2D eigenvalue weighted by atomic mass is 10.0. The molecule has 0 fully saturated rings. The molecule has 0 saturated carbocycles. The van der Waals surface area contributed by atoms with E-state index in [0.717, 1.165) is 42.3 Å². The first-order chi connectivity index (χ1) is 13.2. The van der Waals surface area contributed by atoms with E-state index in [9.17, 15) is 4.79 Å². The van der Waals surface area contributed by atoms with Gasteiger partial charge in [0.05, 0.1) is 10.6 Å². The minimum absolute atomic E-state index is 0.321. The zero-order chi connectivity index (χ0) is 18.8. The number of benzene rings is 2. The summed E-state index contributed by atoms with van der Waals surface area (Å²) < 4.78 is 11.6. The van der Waals surface area contributed by atoms with E-state index in [1.165, 1.54) is 5.56 Å². The lowest BCUT2D eigenvalue weighted by molar-refractivity contribution is 0.0890. The van der Waals surface area contributed by atoms with Crippen LogP contribution in [0, 0.1) is 0 Å². The molecule has 2 heterocycles. The van der Waals surface area contributed by atoms with Crippen LogP contribution < -0.4 is 10.4 Å². The summed E-state index contributed by atoms with van der Waals surface area (Å²) in [5.74, 6) is 0.629. The number of hydrogen-bond acceptors (Lipinski definition) is 4. The van der Waals surface area contributed by atoms with E-state index >= 15 is 0 Å². The first kappa shape index (κ1) is 18.1. The number of rotatable bonds is 5. The van der Waals surface area contributed by atoms with Crippen LogP contribution in [0.4, 0.5) is 0 Å². The minimum Gasteiger partial charge on any atom is -0.476 e. The SMILES string of the molecule is CCCCc1cc(=O)oc2c3c(c(Cl)cc12)OCN(Cc1ccccc1)C3. The molecule has 0 N–H and O–H groups in total. The van der Waals surface area contributed by atoms with E-state index in [0.29, 0.717) is 29.6 Å². The lowest BCUT2D eigenvalue weighted by Crippen LogP contribution is -2.32. The van der Waals surface area contributed by atoms with E-state index < -0.39 is 0 Å². The summed E-state index contributed by atoms with van der Waals surface area (Å²) in [5, 5.41) is 1.49. The van der Waals surface area contributed by atoms with Crippen LogP contribution in [-0.2, 0) is 19.5 Å². The Kier molecular flexibility index (Phi) is 5.19. The average Bonchev–Trinajstić information content (AvgIpc) is 2.68. The largest absolute Gasteiger partial charge is 0.476 e. The Bertz CT molecular complexity index is 1010. The fraction of sp³-hybridized carbons (Fsp3) is 0.318. The Morgan fingerprint density at radius 1 is 1.19 bits per heavy atom. The molecule has 0 bridgehead atoms. The van der Waals surface area contributed by atoms with Crippen LogP contribution in [0.3, 0.4) is 0 Å². The van der Waals surface area contributed by atoms with Gasteiger partial charge in [-0.2, -0.15) is 0 Å². The van der Waals surface area contributed by atoms with Gasteiger partial charge in [-0.1, -0.05) is 55.3 Å². The number of fused-ring (bicyclic) bond motifs is 3. The topological polar surface area (TPSA) is 42.7 Å². The molecular weight excluding hydrogens is 362 g/mol. The molecule has 0 aliphatic carbocycles. The molecule has 1 aromatic heterocycles. The zero-order valence-electron chi connectivity index (χ0n) is 15.3. The first-order valence-electron chi connectivity index (χ1n) is 9.33. The number of hydrogen-bond donors (Lipinski definition) is 0. The quantitative estimate of drug-likeness (QED) is 0.572. The third kappa shape index (κ3) is 3.73. The maximum absolute atomic E-state index is 12.2. The maximum atomic E-state index is 12.2. The van der Waals surface area contributed by atoms with Crippen LogP contribution in [-0.4, -0.2) is 11.6 Å². The second-order valence-electron chi connectivity index (χ2n) is 6.98. The molecule has 0 amide bonds. The summed E-state index contributed by atoms with van der Waals surface area (Å²) in [6, 6.07) is 13.7. The second-order valence-corrected chi connectivity index (χ2v) is 7.39. The zero-order valence-corrected chi connectivity index (χ0v) is 16.1. The fourth-order valence-corrected chi connectivity index (χ4v) is 3.89. The van der Waals surface area contributed by atoms with Crippen molar-refractivity contribution in [2.75, 3.05) is 6.73 Å². The first-order valence-corrected chi connectivity index (χ1v) is 9.70. The summed E-state index contributed by atoms with van der Waals surface area (Å²) in [4.78, 5) is 14.3. The Labute approximate surface area is 163 Å². The molecule has 1 aliphatic rings. The molecule has 27 heavy (non-hydrogen) atoms. The Morgan fingerprint density at radius 2 is 2.00 bits per heavy atom. The molecule has 0 atom stereocenters. The van der Waals surface area contributed by atoms with Gasteiger partial charge >= 0.3 is 5.63 Å². The smallest absolute Gasteiger partial charge is 0.336 e. The molecule has 140 valence electrons. The molecule has 4 nitrogen and oxygen atoms in total. The van der Waals surface area contributed by atoms with Crippen LogP contribution >= 0.6 is 11.6 Å². The van der Waals surface area contributed by atoms with E-state index in [1.54, 1.807) is 6.07 Å². The van der Waals surface area contributed by atoms with Crippen LogP contribution in [0.15, 0.2) is 51.7 Å². The van der Waals surface area contributed by atoms with Crippen molar-refractivity contribution in [2.24, 2.45) is 0 Å². The molecule has 4 rings (SSSR count). The molecule has 1 aliphatic heterocycles. The van der Waals surface area contributed by atoms with Gasteiger partial charge in [0.1, 0.15) is 18.1 Å². The third-order valence-corrected chi connectivity index (χ3v) is 5.22. The number of halogens is 1. The van der Waals surface area contributed by atoms with Gasteiger partial charge in [-0.3, -0.25) is 4.90 Å². The number of ether oxygens (including phenoxy) is 1. The average molecular weight is 384 g/mol. The van der Waals surface area contributed by atoms with Crippen LogP contribution in [0.5, 0.6) is 5.75 Å². The number of nitrogens with zero attached hydrogens (tertiary/aromatic N) is 1. The normalized spacial score (nSPS) is 14.1. The third-order valence-electron chi connectivity index (χ3n) is 4.94. The maximum Gasteiger partial charge on any atom is 0.336 e. The van der Waals surface area contributed by atoms with Gasteiger partial charge in [-0.25, -0.2) is 4.79 Å². The van der Waals surface area contributed by atoms with Gasteiger partial charge in [0.2, 0.25) is 0 Å². The van der Waals surface area contributed by atoms with Gasteiger partial charge < -0.3 is 9.15 Å². The number of aryl methyl sites for hydroxylation is 1. The molecule has 5 heteroatoms.